The SMILES string of the molecule is CC(OCc1ccccc1)C1OC(=O)COC1=O. The fourth-order valence-corrected chi connectivity index (χ4v) is 1.61. The maximum Gasteiger partial charge on any atom is 0.350 e. The molecule has 2 atom stereocenters. The van der Waals surface area contributed by atoms with E-state index in [1.165, 1.54) is 0 Å². The topological polar surface area (TPSA) is 61.8 Å². The molecule has 2 rings (SSSR count). The van der Waals surface area contributed by atoms with Crippen LogP contribution < -0.4 is 0 Å². The zero-order chi connectivity index (χ0) is 13.0. The van der Waals surface area contributed by atoms with Crippen molar-refractivity contribution in [3.8, 4) is 0 Å². The summed E-state index contributed by atoms with van der Waals surface area (Å²) in [6.07, 6.45) is -1.52. The minimum absolute atomic E-state index is 0.319. The first-order chi connectivity index (χ1) is 8.66. The molecule has 96 valence electrons. The molecule has 5 heteroatoms. The third kappa shape index (κ3) is 3.07. The van der Waals surface area contributed by atoms with Crippen LogP contribution in [0.4, 0.5) is 0 Å². The van der Waals surface area contributed by atoms with Gasteiger partial charge in [0, 0.05) is 0 Å². The van der Waals surface area contributed by atoms with Crippen molar-refractivity contribution in [1.82, 2.24) is 0 Å². The van der Waals surface area contributed by atoms with E-state index in [9.17, 15) is 9.59 Å². The normalized spacial score (nSPS) is 21.1. The van der Waals surface area contributed by atoms with Crippen LogP contribution in [0.15, 0.2) is 30.3 Å². The monoisotopic (exact) mass is 250 g/mol. The predicted molar refractivity (Wildman–Crippen MR) is 61.5 cm³/mol. The van der Waals surface area contributed by atoms with Crippen molar-refractivity contribution in [3.63, 3.8) is 0 Å². The zero-order valence-corrected chi connectivity index (χ0v) is 10.00. The molecular formula is C13H14O5. The van der Waals surface area contributed by atoms with E-state index in [1.807, 2.05) is 30.3 Å². The van der Waals surface area contributed by atoms with Crippen LogP contribution in [0.1, 0.15) is 12.5 Å². The summed E-state index contributed by atoms with van der Waals surface area (Å²) in [4.78, 5) is 22.5. The number of hydrogen-bond acceptors (Lipinski definition) is 5. The van der Waals surface area contributed by atoms with Gasteiger partial charge in [0.1, 0.15) is 6.10 Å². The van der Waals surface area contributed by atoms with E-state index in [2.05, 4.69) is 4.74 Å². The second-order valence-electron chi connectivity index (χ2n) is 4.02. The molecule has 1 aliphatic rings. The maximum atomic E-state index is 11.4. The molecule has 0 saturated carbocycles. The summed E-state index contributed by atoms with van der Waals surface area (Å²) < 4.78 is 15.1. The molecule has 1 aromatic rings. The number of ether oxygens (including phenoxy) is 3. The van der Waals surface area contributed by atoms with Crippen LogP contribution >= 0.6 is 0 Å². The highest BCUT2D eigenvalue weighted by atomic mass is 16.6. The molecule has 2 unspecified atom stereocenters. The molecule has 0 aliphatic carbocycles. The van der Waals surface area contributed by atoms with Gasteiger partial charge in [-0.05, 0) is 12.5 Å². The average Bonchev–Trinajstić information content (AvgIpc) is 2.40. The molecule has 1 heterocycles. The number of carbonyl (C=O) groups is 2. The minimum Gasteiger partial charge on any atom is -0.451 e. The summed E-state index contributed by atoms with van der Waals surface area (Å²) in [6.45, 7) is 1.71. The lowest BCUT2D eigenvalue weighted by molar-refractivity contribution is -0.194. The van der Waals surface area contributed by atoms with Crippen molar-refractivity contribution < 1.29 is 23.8 Å². The fourth-order valence-electron chi connectivity index (χ4n) is 1.61. The predicted octanol–water partition coefficient (Wildman–Crippen LogP) is 1.06. The molecule has 18 heavy (non-hydrogen) atoms. The summed E-state index contributed by atoms with van der Waals surface area (Å²) in [5.74, 6) is -1.11. The molecular weight excluding hydrogens is 236 g/mol. The number of carbonyl (C=O) groups excluding carboxylic acids is 2. The molecule has 1 aliphatic heterocycles. The highest BCUT2D eigenvalue weighted by molar-refractivity contribution is 5.85. The standard InChI is InChI=1S/C13H14O5/c1-9(12-13(15)17-8-11(14)18-12)16-7-10-5-3-2-4-6-10/h2-6,9,12H,7-8H2,1H3. The van der Waals surface area contributed by atoms with E-state index in [4.69, 9.17) is 9.47 Å². The number of hydrogen-bond donors (Lipinski definition) is 0. The first kappa shape index (κ1) is 12.6. The Bertz CT molecular complexity index is 428. The second kappa shape index (κ2) is 5.64. The first-order valence-electron chi connectivity index (χ1n) is 5.68. The van der Waals surface area contributed by atoms with Gasteiger partial charge in [0.25, 0.3) is 0 Å². The highest BCUT2D eigenvalue weighted by Crippen LogP contribution is 2.13. The Morgan fingerprint density at radius 1 is 1.33 bits per heavy atom. The molecule has 1 fully saturated rings. The average molecular weight is 250 g/mol. The third-order valence-corrected chi connectivity index (χ3v) is 2.61. The van der Waals surface area contributed by atoms with E-state index < -0.39 is 24.1 Å². The lowest BCUT2D eigenvalue weighted by Gasteiger charge is -2.26. The van der Waals surface area contributed by atoms with Gasteiger partial charge in [-0.15, -0.1) is 0 Å². The Kier molecular flexibility index (Phi) is 3.94. The van der Waals surface area contributed by atoms with E-state index in [-0.39, 0.29) is 6.61 Å². The molecule has 1 aromatic carbocycles. The Morgan fingerprint density at radius 2 is 2.06 bits per heavy atom. The zero-order valence-electron chi connectivity index (χ0n) is 10.00. The van der Waals surface area contributed by atoms with E-state index in [1.54, 1.807) is 6.92 Å². The number of rotatable bonds is 4. The molecule has 0 radical (unpaired) electrons. The van der Waals surface area contributed by atoms with Gasteiger partial charge in [-0.3, -0.25) is 0 Å². The Hall–Kier alpha value is -1.88. The van der Waals surface area contributed by atoms with Crippen molar-refractivity contribution in [3.05, 3.63) is 35.9 Å². The molecule has 0 bridgehead atoms. The van der Waals surface area contributed by atoms with E-state index in [0.29, 0.717) is 6.61 Å². The van der Waals surface area contributed by atoms with Gasteiger partial charge in [-0.1, -0.05) is 30.3 Å². The van der Waals surface area contributed by atoms with Crippen LogP contribution in [0, 0.1) is 0 Å². The second-order valence-corrected chi connectivity index (χ2v) is 4.02. The van der Waals surface area contributed by atoms with Gasteiger partial charge < -0.3 is 14.2 Å². The Labute approximate surface area is 105 Å². The lowest BCUT2D eigenvalue weighted by Crippen LogP contribution is -2.44. The van der Waals surface area contributed by atoms with Crippen LogP contribution in [0.25, 0.3) is 0 Å². The fraction of sp³-hybridized carbons (Fsp3) is 0.385. The molecule has 0 N–H and O–H groups in total. The number of esters is 2. The first-order valence-corrected chi connectivity index (χ1v) is 5.68. The lowest BCUT2D eigenvalue weighted by atomic mass is 10.2. The van der Waals surface area contributed by atoms with Crippen LogP contribution in [-0.4, -0.2) is 30.8 Å². The van der Waals surface area contributed by atoms with Gasteiger partial charge in [-0.25, -0.2) is 9.59 Å². The summed E-state index contributed by atoms with van der Waals surface area (Å²) in [5.41, 5.74) is 0.986. The van der Waals surface area contributed by atoms with Crippen molar-refractivity contribution in [2.45, 2.75) is 25.7 Å². The van der Waals surface area contributed by atoms with Crippen LogP contribution in [0.3, 0.4) is 0 Å². The maximum absolute atomic E-state index is 11.4. The summed E-state index contributed by atoms with van der Waals surface area (Å²) in [7, 11) is 0. The summed E-state index contributed by atoms with van der Waals surface area (Å²) in [6, 6.07) is 9.54. The molecule has 1 saturated heterocycles. The molecule has 5 nitrogen and oxygen atoms in total. The smallest absolute Gasteiger partial charge is 0.350 e. The van der Waals surface area contributed by atoms with E-state index >= 15 is 0 Å². The van der Waals surface area contributed by atoms with Gasteiger partial charge in [-0.2, -0.15) is 0 Å². The summed E-state index contributed by atoms with van der Waals surface area (Å²) in [5, 5.41) is 0. The van der Waals surface area contributed by atoms with Gasteiger partial charge >= 0.3 is 11.9 Å². The van der Waals surface area contributed by atoms with Crippen molar-refractivity contribution in [2.75, 3.05) is 6.61 Å². The molecule has 0 aromatic heterocycles. The van der Waals surface area contributed by atoms with Gasteiger partial charge in [0.15, 0.2) is 6.61 Å². The van der Waals surface area contributed by atoms with Crippen LogP contribution in [0.2, 0.25) is 0 Å². The summed E-state index contributed by atoms with van der Waals surface area (Å²) >= 11 is 0. The van der Waals surface area contributed by atoms with Gasteiger partial charge in [0.2, 0.25) is 6.10 Å². The Morgan fingerprint density at radius 3 is 2.78 bits per heavy atom. The van der Waals surface area contributed by atoms with Crippen molar-refractivity contribution in [1.29, 1.82) is 0 Å². The number of cyclic esters (lactones) is 2. The van der Waals surface area contributed by atoms with Gasteiger partial charge in [0.05, 0.1) is 6.61 Å². The largest absolute Gasteiger partial charge is 0.451 e. The highest BCUT2D eigenvalue weighted by Gasteiger charge is 2.35. The molecule has 0 spiro atoms. The van der Waals surface area contributed by atoms with Crippen LogP contribution in [0.5, 0.6) is 0 Å². The van der Waals surface area contributed by atoms with Crippen molar-refractivity contribution in [2.24, 2.45) is 0 Å². The third-order valence-electron chi connectivity index (χ3n) is 2.61. The molecule has 0 amide bonds. The number of benzene rings is 1. The Balaban J connectivity index is 1.89. The quantitative estimate of drug-likeness (QED) is 0.748. The van der Waals surface area contributed by atoms with Crippen LogP contribution in [-0.2, 0) is 30.4 Å². The van der Waals surface area contributed by atoms with E-state index in [0.717, 1.165) is 5.56 Å². The minimum atomic E-state index is -0.977. The van der Waals surface area contributed by atoms with Crippen molar-refractivity contribution >= 4 is 11.9 Å².